The minimum atomic E-state index is -0.380. The van der Waals surface area contributed by atoms with Crippen LogP contribution in [0.3, 0.4) is 0 Å². The van der Waals surface area contributed by atoms with Crippen LogP contribution in [0.1, 0.15) is 35.6 Å². The molecule has 1 aliphatic rings. The summed E-state index contributed by atoms with van der Waals surface area (Å²) in [4.78, 5) is 0. The van der Waals surface area contributed by atoms with Gasteiger partial charge in [0.1, 0.15) is 5.82 Å². The Hall–Kier alpha value is -2.15. The largest absolute Gasteiger partial charge is 0.268 e. The Labute approximate surface area is 104 Å². The molecule has 0 radical (unpaired) electrons. The minimum Gasteiger partial charge on any atom is -0.268 e. The lowest BCUT2D eigenvalue weighted by molar-refractivity contribution is 0.623. The van der Waals surface area contributed by atoms with Gasteiger partial charge in [-0.1, -0.05) is 6.07 Å². The van der Waals surface area contributed by atoms with E-state index in [2.05, 4.69) is 5.10 Å². The van der Waals surface area contributed by atoms with Gasteiger partial charge < -0.3 is 0 Å². The van der Waals surface area contributed by atoms with E-state index in [4.69, 9.17) is 5.26 Å². The second-order valence-corrected chi connectivity index (χ2v) is 4.63. The van der Waals surface area contributed by atoms with Gasteiger partial charge in [-0.3, -0.25) is 4.68 Å². The zero-order valence-corrected chi connectivity index (χ0v) is 9.81. The molecule has 1 fully saturated rings. The molecule has 2 aromatic rings. The quantitative estimate of drug-likeness (QED) is 0.829. The van der Waals surface area contributed by atoms with E-state index in [1.165, 1.54) is 25.0 Å². The normalized spacial score (nSPS) is 14.4. The first-order valence-electron chi connectivity index (χ1n) is 5.98. The standard InChI is InChI=1S/C14H12FN3/c15-13-4-3-11(12(7-13)8-16)9-18-6-5-14(17-18)10-1-2-10/h3-7,10H,1-2,9H2. The molecule has 0 saturated heterocycles. The first-order chi connectivity index (χ1) is 8.76. The Balaban J connectivity index is 1.84. The highest BCUT2D eigenvalue weighted by Gasteiger charge is 2.25. The second-order valence-electron chi connectivity index (χ2n) is 4.63. The molecule has 0 aliphatic heterocycles. The van der Waals surface area contributed by atoms with Crippen LogP contribution in [-0.4, -0.2) is 9.78 Å². The van der Waals surface area contributed by atoms with E-state index in [-0.39, 0.29) is 5.82 Å². The maximum absolute atomic E-state index is 13.0. The van der Waals surface area contributed by atoms with Crippen molar-refractivity contribution >= 4 is 0 Å². The summed E-state index contributed by atoms with van der Waals surface area (Å²) in [6, 6.07) is 8.32. The number of halogens is 1. The smallest absolute Gasteiger partial charge is 0.124 e. The van der Waals surface area contributed by atoms with Gasteiger partial charge in [0.25, 0.3) is 0 Å². The minimum absolute atomic E-state index is 0.374. The fourth-order valence-electron chi connectivity index (χ4n) is 2.03. The average Bonchev–Trinajstić information content (AvgIpc) is 3.12. The topological polar surface area (TPSA) is 41.6 Å². The van der Waals surface area contributed by atoms with E-state index in [0.717, 1.165) is 11.3 Å². The van der Waals surface area contributed by atoms with Crippen molar-refractivity contribution in [1.29, 1.82) is 5.26 Å². The van der Waals surface area contributed by atoms with Gasteiger partial charge in [0.15, 0.2) is 0 Å². The van der Waals surface area contributed by atoms with E-state index < -0.39 is 0 Å². The van der Waals surface area contributed by atoms with Crippen LogP contribution in [-0.2, 0) is 6.54 Å². The van der Waals surface area contributed by atoms with Crippen LogP contribution >= 0.6 is 0 Å². The predicted molar refractivity (Wildman–Crippen MR) is 64.4 cm³/mol. The lowest BCUT2D eigenvalue weighted by Gasteiger charge is -2.04. The first-order valence-corrected chi connectivity index (χ1v) is 5.98. The van der Waals surface area contributed by atoms with Crippen LogP contribution in [0.15, 0.2) is 30.5 Å². The number of rotatable bonds is 3. The van der Waals surface area contributed by atoms with Crippen molar-refractivity contribution in [3.8, 4) is 6.07 Å². The molecule has 3 rings (SSSR count). The summed E-state index contributed by atoms with van der Waals surface area (Å²) in [6.45, 7) is 0.510. The van der Waals surface area contributed by atoms with E-state index >= 15 is 0 Å². The van der Waals surface area contributed by atoms with Crippen molar-refractivity contribution in [3.63, 3.8) is 0 Å². The number of nitriles is 1. The van der Waals surface area contributed by atoms with E-state index in [1.807, 2.05) is 23.0 Å². The van der Waals surface area contributed by atoms with Crippen molar-refractivity contribution in [2.45, 2.75) is 25.3 Å². The predicted octanol–water partition coefficient (Wildman–Crippen LogP) is 2.82. The van der Waals surface area contributed by atoms with Gasteiger partial charge >= 0.3 is 0 Å². The van der Waals surface area contributed by atoms with Crippen LogP contribution in [0, 0.1) is 17.1 Å². The van der Waals surface area contributed by atoms with Crippen molar-refractivity contribution in [3.05, 3.63) is 53.1 Å². The molecule has 1 saturated carbocycles. The number of hydrogen-bond acceptors (Lipinski definition) is 2. The average molecular weight is 241 g/mol. The Bertz CT molecular complexity index is 620. The summed E-state index contributed by atoms with van der Waals surface area (Å²) in [7, 11) is 0. The molecule has 0 atom stereocenters. The Morgan fingerprint density at radius 3 is 2.94 bits per heavy atom. The lowest BCUT2D eigenvalue weighted by Crippen LogP contribution is -2.03. The SMILES string of the molecule is N#Cc1cc(F)ccc1Cn1ccc(C2CC2)n1. The third-order valence-corrected chi connectivity index (χ3v) is 3.18. The zero-order chi connectivity index (χ0) is 12.5. The van der Waals surface area contributed by atoms with Crippen LogP contribution < -0.4 is 0 Å². The molecule has 90 valence electrons. The molecule has 4 heteroatoms. The molecule has 0 spiro atoms. The molecule has 3 nitrogen and oxygen atoms in total. The highest BCUT2D eigenvalue weighted by molar-refractivity contribution is 5.38. The molecular weight excluding hydrogens is 229 g/mol. The molecule has 1 heterocycles. The molecule has 0 unspecified atom stereocenters. The van der Waals surface area contributed by atoms with Crippen LogP contribution in [0.5, 0.6) is 0 Å². The summed E-state index contributed by atoms with van der Waals surface area (Å²) >= 11 is 0. The van der Waals surface area contributed by atoms with Crippen molar-refractivity contribution in [1.82, 2.24) is 9.78 Å². The molecular formula is C14H12FN3. The second kappa shape index (κ2) is 4.26. The number of nitrogens with zero attached hydrogens (tertiary/aromatic N) is 3. The summed E-state index contributed by atoms with van der Waals surface area (Å²) < 4.78 is 14.8. The summed E-state index contributed by atoms with van der Waals surface area (Å²) in [5, 5.41) is 13.5. The Morgan fingerprint density at radius 2 is 2.22 bits per heavy atom. The molecule has 1 aromatic heterocycles. The van der Waals surface area contributed by atoms with E-state index in [1.54, 1.807) is 6.07 Å². The summed E-state index contributed by atoms with van der Waals surface area (Å²) in [5.41, 5.74) is 2.29. The molecule has 0 bridgehead atoms. The van der Waals surface area contributed by atoms with Crippen LogP contribution in [0.25, 0.3) is 0 Å². The van der Waals surface area contributed by atoms with E-state index in [0.29, 0.717) is 18.0 Å². The van der Waals surface area contributed by atoms with Crippen molar-refractivity contribution < 1.29 is 4.39 Å². The summed E-state index contributed by atoms with van der Waals surface area (Å²) in [5.74, 6) is 0.240. The van der Waals surface area contributed by atoms with Gasteiger partial charge in [-0.2, -0.15) is 10.4 Å². The van der Waals surface area contributed by atoms with Gasteiger partial charge in [-0.05, 0) is 36.6 Å². The zero-order valence-electron chi connectivity index (χ0n) is 9.81. The lowest BCUT2D eigenvalue weighted by atomic mass is 10.1. The maximum Gasteiger partial charge on any atom is 0.124 e. The monoisotopic (exact) mass is 241 g/mol. The number of benzene rings is 1. The number of aromatic nitrogens is 2. The van der Waals surface area contributed by atoms with Crippen molar-refractivity contribution in [2.75, 3.05) is 0 Å². The van der Waals surface area contributed by atoms with Crippen LogP contribution in [0.4, 0.5) is 4.39 Å². The fraction of sp³-hybridized carbons (Fsp3) is 0.286. The maximum atomic E-state index is 13.0. The van der Waals surface area contributed by atoms with Gasteiger partial charge in [0.2, 0.25) is 0 Å². The molecule has 0 N–H and O–H groups in total. The molecule has 18 heavy (non-hydrogen) atoms. The summed E-state index contributed by atoms with van der Waals surface area (Å²) in [6.07, 6.45) is 4.35. The van der Waals surface area contributed by atoms with Crippen molar-refractivity contribution in [2.24, 2.45) is 0 Å². The molecule has 0 amide bonds. The Morgan fingerprint density at radius 1 is 1.39 bits per heavy atom. The molecule has 1 aromatic carbocycles. The highest BCUT2D eigenvalue weighted by atomic mass is 19.1. The molecule has 1 aliphatic carbocycles. The van der Waals surface area contributed by atoms with E-state index in [9.17, 15) is 4.39 Å². The third-order valence-electron chi connectivity index (χ3n) is 3.18. The fourth-order valence-corrected chi connectivity index (χ4v) is 2.03. The highest BCUT2D eigenvalue weighted by Crippen LogP contribution is 2.38. The van der Waals surface area contributed by atoms with Gasteiger partial charge in [0, 0.05) is 12.1 Å². The van der Waals surface area contributed by atoms with Crippen LogP contribution in [0.2, 0.25) is 0 Å². The van der Waals surface area contributed by atoms with Gasteiger partial charge in [-0.25, -0.2) is 4.39 Å². The third kappa shape index (κ3) is 2.12. The number of hydrogen-bond donors (Lipinski definition) is 0. The van der Waals surface area contributed by atoms with Gasteiger partial charge in [-0.15, -0.1) is 0 Å². The first kappa shape index (κ1) is 11.0. The Kier molecular flexibility index (Phi) is 2.60. The van der Waals surface area contributed by atoms with Gasteiger partial charge in [0.05, 0.1) is 23.9 Å².